The number of sulfonamides is 1. The van der Waals surface area contributed by atoms with Crippen LogP contribution in [0.3, 0.4) is 0 Å². The Labute approximate surface area is 156 Å². The van der Waals surface area contributed by atoms with E-state index in [4.69, 9.17) is 9.88 Å². The third kappa shape index (κ3) is 4.58. The lowest BCUT2D eigenvalue weighted by Gasteiger charge is -2.08. The van der Waals surface area contributed by atoms with Gasteiger partial charge in [0.2, 0.25) is 10.0 Å². The van der Waals surface area contributed by atoms with Crippen molar-refractivity contribution < 1.29 is 22.3 Å². The number of halogens is 1. The van der Waals surface area contributed by atoms with Gasteiger partial charge in [0.15, 0.2) is 0 Å². The summed E-state index contributed by atoms with van der Waals surface area (Å²) in [6, 6.07) is 19.9. The van der Waals surface area contributed by atoms with E-state index in [2.05, 4.69) is 0 Å². The molecule has 0 aliphatic carbocycles. The number of rotatable bonds is 5. The Balaban J connectivity index is 1.71. The van der Waals surface area contributed by atoms with Crippen molar-refractivity contribution in [3.05, 3.63) is 89.7 Å². The number of esters is 1. The first-order valence-electron chi connectivity index (χ1n) is 7.98. The lowest BCUT2D eigenvalue weighted by Crippen LogP contribution is -2.14. The van der Waals surface area contributed by atoms with Crippen LogP contribution in [0.1, 0.15) is 15.9 Å². The maximum atomic E-state index is 13.8. The topological polar surface area (TPSA) is 86.5 Å². The van der Waals surface area contributed by atoms with Crippen molar-refractivity contribution in [3.63, 3.8) is 0 Å². The lowest BCUT2D eigenvalue weighted by molar-refractivity contribution is 0.0467. The molecule has 5 nitrogen and oxygen atoms in total. The molecule has 0 aliphatic heterocycles. The van der Waals surface area contributed by atoms with Crippen molar-refractivity contribution in [1.29, 1.82) is 0 Å². The van der Waals surface area contributed by atoms with Crippen LogP contribution in [0.25, 0.3) is 11.1 Å². The Kier molecular flexibility index (Phi) is 5.34. The summed E-state index contributed by atoms with van der Waals surface area (Å²) in [5, 5.41) is 5.00. The van der Waals surface area contributed by atoms with E-state index in [1.54, 1.807) is 12.1 Å². The van der Waals surface area contributed by atoms with Gasteiger partial charge < -0.3 is 4.74 Å². The van der Waals surface area contributed by atoms with Crippen LogP contribution in [0.15, 0.2) is 77.7 Å². The molecule has 0 saturated heterocycles. The fourth-order valence-corrected chi connectivity index (χ4v) is 3.03. The molecule has 7 heteroatoms. The minimum Gasteiger partial charge on any atom is -0.457 e. The van der Waals surface area contributed by atoms with Crippen molar-refractivity contribution in [1.82, 2.24) is 0 Å². The SMILES string of the molecule is NS(=O)(=O)c1ccc(F)c(C(=O)OCc2ccc(-c3ccccc3)cc2)c1. The second kappa shape index (κ2) is 7.69. The van der Waals surface area contributed by atoms with Crippen molar-refractivity contribution in [2.24, 2.45) is 5.14 Å². The number of hydrogen-bond acceptors (Lipinski definition) is 4. The highest BCUT2D eigenvalue weighted by atomic mass is 32.2. The van der Waals surface area contributed by atoms with Crippen LogP contribution < -0.4 is 5.14 Å². The number of carbonyl (C=O) groups excluding carboxylic acids is 1. The molecule has 0 saturated carbocycles. The van der Waals surface area contributed by atoms with E-state index in [1.165, 1.54) is 0 Å². The van der Waals surface area contributed by atoms with Gasteiger partial charge in [-0.3, -0.25) is 0 Å². The quantitative estimate of drug-likeness (QED) is 0.681. The largest absolute Gasteiger partial charge is 0.457 e. The Morgan fingerprint density at radius 2 is 1.56 bits per heavy atom. The number of ether oxygens (including phenoxy) is 1. The first kappa shape index (κ1) is 18.8. The van der Waals surface area contributed by atoms with Gasteiger partial charge in [-0.1, -0.05) is 54.6 Å². The molecule has 3 aromatic carbocycles. The van der Waals surface area contributed by atoms with Crippen LogP contribution in [0.2, 0.25) is 0 Å². The number of benzene rings is 3. The standard InChI is InChI=1S/C20H16FNO4S/c21-19-11-10-17(27(22,24)25)12-18(19)20(23)26-13-14-6-8-16(9-7-14)15-4-2-1-3-5-15/h1-12H,13H2,(H2,22,24,25). The highest BCUT2D eigenvalue weighted by Crippen LogP contribution is 2.20. The smallest absolute Gasteiger partial charge is 0.341 e. The Morgan fingerprint density at radius 3 is 2.19 bits per heavy atom. The molecule has 0 amide bonds. The van der Waals surface area contributed by atoms with Crippen LogP contribution >= 0.6 is 0 Å². The number of primary sulfonamides is 1. The Morgan fingerprint density at radius 1 is 0.926 bits per heavy atom. The highest BCUT2D eigenvalue weighted by Gasteiger charge is 2.18. The molecule has 0 fully saturated rings. The molecule has 27 heavy (non-hydrogen) atoms. The third-order valence-electron chi connectivity index (χ3n) is 3.92. The first-order chi connectivity index (χ1) is 12.8. The van der Waals surface area contributed by atoms with E-state index in [1.807, 2.05) is 42.5 Å². The predicted molar refractivity (Wildman–Crippen MR) is 98.8 cm³/mol. The molecule has 0 bridgehead atoms. The van der Waals surface area contributed by atoms with E-state index in [0.29, 0.717) is 5.56 Å². The molecule has 0 unspecified atom stereocenters. The summed E-state index contributed by atoms with van der Waals surface area (Å²) in [5.41, 5.74) is 2.30. The molecule has 0 radical (unpaired) electrons. The monoisotopic (exact) mass is 385 g/mol. The van der Waals surface area contributed by atoms with Gasteiger partial charge >= 0.3 is 5.97 Å². The van der Waals surface area contributed by atoms with Gasteiger partial charge in [0.25, 0.3) is 0 Å². The second-order valence-corrected chi connectivity index (χ2v) is 7.39. The molecule has 0 aromatic heterocycles. The molecule has 3 rings (SSSR count). The predicted octanol–water partition coefficient (Wildman–Crippen LogP) is 3.50. The van der Waals surface area contributed by atoms with Gasteiger partial charge in [-0.05, 0) is 34.9 Å². The first-order valence-corrected chi connectivity index (χ1v) is 9.53. The van der Waals surface area contributed by atoms with E-state index in [0.717, 1.165) is 29.3 Å². The zero-order valence-corrected chi connectivity index (χ0v) is 14.9. The maximum absolute atomic E-state index is 13.8. The van der Waals surface area contributed by atoms with Gasteiger partial charge in [-0.25, -0.2) is 22.7 Å². The minimum absolute atomic E-state index is 0.0764. The summed E-state index contributed by atoms with van der Waals surface area (Å²) >= 11 is 0. The van der Waals surface area contributed by atoms with Crippen LogP contribution in [-0.4, -0.2) is 14.4 Å². The average Bonchev–Trinajstić information content (AvgIpc) is 2.66. The van der Waals surface area contributed by atoms with Crippen molar-refractivity contribution >= 4 is 16.0 Å². The maximum Gasteiger partial charge on any atom is 0.341 e. The zero-order chi connectivity index (χ0) is 19.4. The fourth-order valence-electron chi connectivity index (χ4n) is 2.49. The summed E-state index contributed by atoms with van der Waals surface area (Å²) in [6.07, 6.45) is 0. The van der Waals surface area contributed by atoms with Crippen LogP contribution in [0.5, 0.6) is 0 Å². The summed E-state index contributed by atoms with van der Waals surface area (Å²) in [7, 11) is -4.05. The second-order valence-electron chi connectivity index (χ2n) is 5.83. The van der Waals surface area contributed by atoms with E-state index in [9.17, 15) is 17.6 Å². The van der Waals surface area contributed by atoms with Gasteiger partial charge in [0.05, 0.1) is 10.5 Å². The van der Waals surface area contributed by atoms with Gasteiger partial charge in [0.1, 0.15) is 12.4 Å². The van der Waals surface area contributed by atoms with Crippen LogP contribution in [0, 0.1) is 5.82 Å². The summed E-state index contributed by atoms with van der Waals surface area (Å²) < 4.78 is 41.6. The molecule has 138 valence electrons. The van der Waals surface area contributed by atoms with E-state index in [-0.39, 0.29) is 11.5 Å². The molecule has 0 atom stereocenters. The molecular weight excluding hydrogens is 369 g/mol. The molecular formula is C20H16FNO4S. The minimum atomic E-state index is -4.05. The number of carbonyl (C=O) groups is 1. The van der Waals surface area contributed by atoms with Gasteiger partial charge in [-0.2, -0.15) is 0 Å². The van der Waals surface area contributed by atoms with Gasteiger partial charge in [0, 0.05) is 0 Å². The Hall–Kier alpha value is -3.03. The summed E-state index contributed by atoms with van der Waals surface area (Å²) in [4.78, 5) is 11.8. The molecule has 2 N–H and O–H groups in total. The average molecular weight is 385 g/mol. The number of hydrogen-bond donors (Lipinski definition) is 1. The molecule has 3 aromatic rings. The van der Waals surface area contributed by atoms with Crippen molar-refractivity contribution in [3.8, 4) is 11.1 Å². The van der Waals surface area contributed by atoms with E-state index < -0.39 is 27.4 Å². The van der Waals surface area contributed by atoms with Crippen molar-refractivity contribution in [2.45, 2.75) is 11.5 Å². The van der Waals surface area contributed by atoms with Crippen molar-refractivity contribution in [2.75, 3.05) is 0 Å². The van der Waals surface area contributed by atoms with Crippen LogP contribution in [0.4, 0.5) is 4.39 Å². The third-order valence-corrected chi connectivity index (χ3v) is 4.83. The van der Waals surface area contributed by atoms with E-state index >= 15 is 0 Å². The lowest BCUT2D eigenvalue weighted by atomic mass is 10.0. The summed E-state index contributed by atoms with van der Waals surface area (Å²) in [6.45, 7) is -0.0764. The molecule has 0 aliphatic rings. The highest BCUT2D eigenvalue weighted by molar-refractivity contribution is 7.89. The normalized spacial score (nSPS) is 11.2. The molecule has 0 spiro atoms. The van der Waals surface area contributed by atoms with Crippen LogP contribution in [-0.2, 0) is 21.4 Å². The number of nitrogens with two attached hydrogens (primary N) is 1. The summed E-state index contributed by atoms with van der Waals surface area (Å²) in [5.74, 6) is -1.85. The fraction of sp³-hybridized carbons (Fsp3) is 0.0500. The zero-order valence-electron chi connectivity index (χ0n) is 14.1. The molecule has 0 heterocycles. The Bertz CT molecular complexity index is 1060. The van der Waals surface area contributed by atoms with Gasteiger partial charge in [-0.15, -0.1) is 0 Å².